The Labute approximate surface area is 112 Å². The van der Waals surface area contributed by atoms with Crippen molar-refractivity contribution in [1.82, 2.24) is 10.6 Å². The number of hydrogen-bond acceptors (Lipinski definition) is 4. The maximum absolute atomic E-state index is 11.3. The van der Waals surface area contributed by atoms with Gasteiger partial charge in [0, 0.05) is 11.6 Å². The standard InChI is InChI=1S/C13H19N3O3/c1-8-4-5-10(9(2)15-3)11(6-8)19-7-12(17)16-13(14)18/h4-6,9,15H,7H2,1-3H3,(H3,14,16,17,18). The fraction of sp³-hybridized carbons (Fsp3) is 0.385. The molecule has 0 aliphatic heterocycles. The van der Waals surface area contributed by atoms with Crippen LogP contribution in [-0.4, -0.2) is 25.6 Å². The van der Waals surface area contributed by atoms with Gasteiger partial charge in [0.1, 0.15) is 5.75 Å². The molecule has 1 aromatic rings. The number of nitrogens with one attached hydrogen (secondary N) is 2. The molecule has 3 amide bonds. The van der Waals surface area contributed by atoms with E-state index in [1.165, 1.54) is 0 Å². The van der Waals surface area contributed by atoms with Gasteiger partial charge < -0.3 is 15.8 Å². The van der Waals surface area contributed by atoms with E-state index in [4.69, 9.17) is 10.5 Å². The molecule has 0 aliphatic rings. The monoisotopic (exact) mass is 265 g/mol. The molecule has 1 rings (SSSR count). The van der Waals surface area contributed by atoms with Crippen LogP contribution in [0.4, 0.5) is 4.79 Å². The highest BCUT2D eigenvalue weighted by Gasteiger charge is 2.12. The second kappa shape index (κ2) is 6.75. The zero-order valence-electron chi connectivity index (χ0n) is 11.3. The Morgan fingerprint density at radius 3 is 2.68 bits per heavy atom. The first-order chi connectivity index (χ1) is 8.93. The normalized spacial score (nSPS) is 11.7. The predicted molar refractivity (Wildman–Crippen MR) is 71.9 cm³/mol. The van der Waals surface area contributed by atoms with Gasteiger partial charge in [-0.2, -0.15) is 0 Å². The molecule has 4 N–H and O–H groups in total. The molecule has 0 bridgehead atoms. The molecule has 0 aromatic heterocycles. The van der Waals surface area contributed by atoms with Crippen LogP contribution in [0.15, 0.2) is 18.2 Å². The van der Waals surface area contributed by atoms with Crippen molar-refractivity contribution in [2.45, 2.75) is 19.9 Å². The number of rotatable bonds is 5. The summed E-state index contributed by atoms with van der Waals surface area (Å²) in [7, 11) is 1.84. The Balaban J connectivity index is 2.78. The van der Waals surface area contributed by atoms with Gasteiger partial charge in [-0.1, -0.05) is 12.1 Å². The number of nitrogens with two attached hydrogens (primary N) is 1. The summed E-state index contributed by atoms with van der Waals surface area (Å²) < 4.78 is 5.44. The Morgan fingerprint density at radius 1 is 1.42 bits per heavy atom. The fourth-order valence-corrected chi connectivity index (χ4v) is 1.60. The van der Waals surface area contributed by atoms with Crippen LogP contribution in [0.3, 0.4) is 0 Å². The topological polar surface area (TPSA) is 93.4 Å². The minimum atomic E-state index is -0.887. The molecule has 0 heterocycles. The van der Waals surface area contributed by atoms with Crippen LogP contribution < -0.4 is 21.1 Å². The molecule has 0 saturated carbocycles. The van der Waals surface area contributed by atoms with Crippen LogP contribution in [0.25, 0.3) is 0 Å². The second-order valence-corrected chi connectivity index (χ2v) is 4.25. The van der Waals surface area contributed by atoms with E-state index in [9.17, 15) is 9.59 Å². The first-order valence-corrected chi connectivity index (χ1v) is 5.94. The highest BCUT2D eigenvalue weighted by molar-refractivity contribution is 5.94. The first-order valence-electron chi connectivity index (χ1n) is 5.94. The molecule has 19 heavy (non-hydrogen) atoms. The van der Waals surface area contributed by atoms with Crippen LogP contribution in [0.5, 0.6) is 5.75 Å². The molecular weight excluding hydrogens is 246 g/mol. The van der Waals surface area contributed by atoms with Gasteiger partial charge in [0.15, 0.2) is 6.61 Å². The Hall–Kier alpha value is -2.08. The zero-order valence-corrected chi connectivity index (χ0v) is 11.3. The van der Waals surface area contributed by atoms with Crippen LogP contribution in [-0.2, 0) is 4.79 Å². The van der Waals surface area contributed by atoms with Gasteiger partial charge in [-0.25, -0.2) is 4.79 Å². The molecule has 0 spiro atoms. The number of imide groups is 1. The third kappa shape index (κ3) is 4.59. The lowest BCUT2D eigenvalue weighted by Crippen LogP contribution is -2.38. The van der Waals surface area contributed by atoms with Crippen molar-refractivity contribution in [2.24, 2.45) is 5.73 Å². The lowest BCUT2D eigenvalue weighted by molar-refractivity contribution is -0.121. The fourth-order valence-electron chi connectivity index (χ4n) is 1.60. The van der Waals surface area contributed by atoms with E-state index in [0.29, 0.717) is 5.75 Å². The van der Waals surface area contributed by atoms with Crippen molar-refractivity contribution in [3.8, 4) is 5.75 Å². The number of primary amides is 1. The summed E-state index contributed by atoms with van der Waals surface area (Å²) in [5.74, 6) is 0.0403. The quantitative estimate of drug-likeness (QED) is 0.735. The van der Waals surface area contributed by atoms with Crippen molar-refractivity contribution in [3.63, 3.8) is 0 Å². The van der Waals surface area contributed by atoms with E-state index in [1.54, 1.807) is 0 Å². The van der Waals surface area contributed by atoms with Crippen LogP contribution in [0.1, 0.15) is 24.1 Å². The van der Waals surface area contributed by atoms with Crippen molar-refractivity contribution >= 4 is 11.9 Å². The molecule has 1 aromatic carbocycles. The minimum absolute atomic E-state index is 0.0924. The molecule has 0 radical (unpaired) electrons. The average molecular weight is 265 g/mol. The molecular formula is C13H19N3O3. The maximum Gasteiger partial charge on any atom is 0.318 e. The van der Waals surface area contributed by atoms with Gasteiger partial charge in [-0.3, -0.25) is 10.1 Å². The Morgan fingerprint density at radius 2 is 2.11 bits per heavy atom. The summed E-state index contributed by atoms with van der Waals surface area (Å²) in [6, 6.07) is 4.97. The highest BCUT2D eigenvalue weighted by Crippen LogP contribution is 2.26. The summed E-state index contributed by atoms with van der Waals surface area (Å²) in [6.45, 7) is 3.67. The van der Waals surface area contributed by atoms with E-state index < -0.39 is 11.9 Å². The molecule has 1 atom stereocenters. The molecule has 0 aliphatic carbocycles. The third-order valence-electron chi connectivity index (χ3n) is 2.69. The minimum Gasteiger partial charge on any atom is -0.483 e. The number of benzene rings is 1. The number of aryl methyl sites for hydroxylation is 1. The summed E-state index contributed by atoms with van der Waals surface area (Å²) in [4.78, 5) is 21.8. The van der Waals surface area contributed by atoms with E-state index in [-0.39, 0.29) is 12.6 Å². The van der Waals surface area contributed by atoms with Crippen molar-refractivity contribution in [3.05, 3.63) is 29.3 Å². The van der Waals surface area contributed by atoms with E-state index in [0.717, 1.165) is 11.1 Å². The number of carbonyl (C=O) groups is 2. The smallest absolute Gasteiger partial charge is 0.318 e. The third-order valence-corrected chi connectivity index (χ3v) is 2.69. The van der Waals surface area contributed by atoms with Gasteiger partial charge in [0.2, 0.25) is 0 Å². The van der Waals surface area contributed by atoms with Gasteiger partial charge in [-0.05, 0) is 32.5 Å². The van der Waals surface area contributed by atoms with Crippen LogP contribution >= 0.6 is 0 Å². The largest absolute Gasteiger partial charge is 0.483 e. The van der Waals surface area contributed by atoms with Gasteiger partial charge in [0.25, 0.3) is 5.91 Å². The second-order valence-electron chi connectivity index (χ2n) is 4.25. The zero-order chi connectivity index (χ0) is 14.4. The van der Waals surface area contributed by atoms with Gasteiger partial charge in [0.05, 0.1) is 0 Å². The van der Waals surface area contributed by atoms with Crippen molar-refractivity contribution in [2.75, 3.05) is 13.7 Å². The summed E-state index contributed by atoms with van der Waals surface area (Å²) >= 11 is 0. The number of amides is 3. The molecule has 0 fully saturated rings. The van der Waals surface area contributed by atoms with Crippen molar-refractivity contribution < 1.29 is 14.3 Å². The molecule has 1 unspecified atom stereocenters. The highest BCUT2D eigenvalue weighted by atomic mass is 16.5. The van der Waals surface area contributed by atoms with Crippen LogP contribution in [0, 0.1) is 6.92 Å². The average Bonchev–Trinajstić information content (AvgIpc) is 2.34. The lowest BCUT2D eigenvalue weighted by atomic mass is 10.1. The van der Waals surface area contributed by atoms with Crippen molar-refractivity contribution in [1.29, 1.82) is 0 Å². The van der Waals surface area contributed by atoms with E-state index in [1.807, 2.05) is 44.4 Å². The maximum atomic E-state index is 11.3. The Kier molecular flexibility index (Phi) is 5.32. The molecule has 0 saturated heterocycles. The number of carbonyl (C=O) groups excluding carboxylic acids is 2. The lowest BCUT2D eigenvalue weighted by Gasteiger charge is -2.16. The molecule has 104 valence electrons. The molecule has 6 nitrogen and oxygen atoms in total. The SMILES string of the molecule is CNC(C)c1ccc(C)cc1OCC(=O)NC(N)=O. The number of hydrogen-bond donors (Lipinski definition) is 3. The molecule has 6 heteroatoms. The van der Waals surface area contributed by atoms with Gasteiger partial charge >= 0.3 is 6.03 Å². The summed E-state index contributed by atoms with van der Waals surface area (Å²) in [6.07, 6.45) is 0. The van der Waals surface area contributed by atoms with E-state index >= 15 is 0 Å². The van der Waals surface area contributed by atoms with E-state index in [2.05, 4.69) is 5.32 Å². The van der Waals surface area contributed by atoms with Crippen LogP contribution in [0.2, 0.25) is 0 Å². The summed E-state index contributed by atoms with van der Waals surface area (Å²) in [5, 5.41) is 5.06. The number of ether oxygens (including phenoxy) is 1. The summed E-state index contributed by atoms with van der Waals surface area (Å²) in [5.41, 5.74) is 6.82. The first kappa shape index (κ1) is 15.0. The van der Waals surface area contributed by atoms with Gasteiger partial charge in [-0.15, -0.1) is 0 Å². The Bertz CT molecular complexity index is 474. The predicted octanol–water partition coefficient (Wildman–Crippen LogP) is 0.849. The number of urea groups is 1.